The molecular formula is C24H28ClNO5. The number of benzene rings is 2. The second-order valence-corrected chi connectivity index (χ2v) is 7.30. The third-order valence-electron chi connectivity index (χ3n) is 4.41. The fourth-order valence-corrected chi connectivity index (χ4v) is 2.83. The maximum absolute atomic E-state index is 12.1. The minimum Gasteiger partial charge on any atom is -0.494 e. The molecule has 31 heavy (non-hydrogen) atoms. The van der Waals surface area contributed by atoms with Crippen LogP contribution in [0.3, 0.4) is 0 Å². The summed E-state index contributed by atoms with van der Waals surface area (Å²) in [5.74, 6) is -0.135. The molecule has 2 aromatic rings. The van der Waals surface area contributed by atoms with Crippen molar-refractivity contribution in [3.63, 3.8) is 0 Å². The average Bonchev–Trinajstić information content (AvgIpc) is 2.79. The number of hydrogen-bond acceptors (Lipinski definition) is 6. The van der Waals surface area contributed by atoms with Gasteiger partial charge in [0.2, 0.25) is 0 Å². The predicted molar refractivity (Wildman–Crippen MR) is 121 cm³/mol. The first kappa shape index (κ1) is 24.3. The SMILES string of the molecule is C=CC(=O)OCCCCCCCCOc1ccc(C(=O)ONc2ccc(Cl)cc2)cc1. The van der Waals surface area contributed by atoms with Crippen LogP contribution >= 0.6 is 11.6 Å². The summed E-state index contributed by atoms with van der Waals surface area (Å²) in [5.41, 5.74) is 3.65. The number of carbonyl (C=O) groups is 2. The first-order valence-electron chi connectivity index (χ1n) is 10.3. The van der Waals surface area contributed by atoms with E-state index in [2.05, 4.69) is 12.1 Å². The molecule has 0 atom stereocenters. The van der Waals surface area contributed by atoms with E-state index in [-0.39, 0.29) is 5.97 Å². The van der Waals surface area contributed by atoms with E-state index in [1.807, 2.05) is 0 Å². The molecular weight excluding hydrogens is 418 g/mol. The van der Waals surface area contributed by atoms with Crippen molar-refractivity contribution in [2.75, 3.05) is 18.7 Å². The van der Waals surface area contributed by atoms with E-state index in [0.717, 1.165) is 38.5 Å². The van der Waals surface area contributed by atoms with Crippen LogP contribution in [0.25, 0.3) is 0 Å². The Kier molecular flexibility index (Phi) is 11.0. The highest BCUT2D eigenvalue weighted by Gasteiger charge is 2.08. The zero-order chi connectivity index (χ0) is 22.3. The molecule has 0 bridgehead atoms. The Hall–Kier alpha value is -2.99. The number of halogens is 1. The van der Waals surface area contributed by atoms with Crippen LogP contribution in [0.2, 0.25) is 5.02 Å². The van der Waals surface area contributed by atoms with Gasteiger partial charge in [-0.2, -0.15) is 0 Å². The van der Waals surface area contributed by atoms with Crippen molar-refractivity contribution < 1.29 is 23.9 Å². The fraction of sp³-hybridized carbons (Fsp3) is 0.333. The third-order valence-corrected chi connectivity index (χ3v) is 4.67. The molecule has 0 spiro atoms. The van der Waals surface area contributed by atoms with Crippen LogP contribution < -0.4 is 10.2 Å². The minimum atomic E-state index is -0.485. The number of nitrogens with one attached hydrogen (secondary N) is 1. The molecule has 1 N–H and O–H groups in total. The lowest BCUT2D eigenvalue weighted by Gasteiger charge is -2.09. The van der Waals surface area contributed by atoms with E-state index < -0.39 is 5.97 Å². The quantitative estimate of drug-likeness (QED) is 0.167. The summed E-state index contributed by atoms with van der Waals surface area (Å²) in [4.78, 5) is 28.1. The van der Waals surface area contributed by atoms with Gasteiger partial charge in [0.25, 0.3) is 0 Å². The van der Waals surface area contributed by atoms with E-state index in [4.69, 9.17) is 25.9 Å². The summed E-state index contributed by atoms with van der Waals surface area (Å²) in [6.45, 7) is 4.44. The number of ether oxygens (including phenoxy) is 2. The molecule has 166 valence electrons. The molecule has 2 rings (SSSR count). The van der Waals surface area contributed by atoms with Gasteiger partial charge in [0.15, 0.2) is 0 Å². The normalized spacial score (nSPS) is 10.2. The fourth-order valence-electron chi connectivity index (χ4n) is 2.70. The zero-order valence-electron chi connectivity index (χ0n) is 17.5. The Balaban J connectivity index is 1.54. The third kappa shape index (κ3) is 10.0. The summed E-state index contributed by atoms with van der Waals surface area (Å²) >= 11 is 5.82. The van der Waals surface area contributed by atoms with E-state index >= 15 is 0 Å². The van der Waals surface area contributed by atoms with Gasteiger partial charge in [0, 0.05) is 11.1 Å². The number of hydrogen-bond donors (Lipinski definition) is 1. The molecule has 0 amide bonds. The van der Waals surface area contributed by atoms with Crippen LogP contribution in [-0.4, -0.2) is 25.2 Å². The van der Waals surface area contributed by atoms with Crippen LogP contribution in [0.15, 0.2) is 61.2 Å². The first-order valence-corrected chi connectivity index (χ1v) is 10.7. The maximum atomic E-state index is 12.1. The number of esters is 1. The monoisotopic (exact) mass is 445 g/mol. The second-order valence-electron chi connectivity index (χ2n) is 6.86. The van der Waals surface area contributed by atoms with Crippen molar-refractivity contribution in [2.24, 2.45) is 0 Å². The minimum absolute atomic E-state index is 0.364. The van der Waals surface area contributed by atoms with Gasteiger partial charge in [-0.25, -0.2) is 15.1 Å². The standard InChI is InChI=1S/C24H28ClNO5/c1-2-23(27)30-18-8-6-4-3-5-7-17-29-22-15-9-19(10-16-22)24(28)31-26-21-13-11-20(25)12-14-21/h2,9-16,26H,1,3-8,17-18H2. The van der Waals surface area contributed by atoms with Crippen molar-refractivity contribution in [3.05, 3.63) is 71.8 Å². The molecule has 0 aliphatic carbocycles. The van der Waals surface area contributed by atoms with Gasteiger partial charge >= 0.3 is 11.9 Å². The van der Waals surface area contributed by atoms with Gasteiger partial charge in [-0.15, -0.1) is 0 Å². The number of rotatable bonds is 14. The first-order chi connectivity index (χ1) is 15.1. The van der Waals surface area contributed by atoms with Crippen LogP contribution in [0.1, 0.15) is 48.9 Å². The Morgan fingerprint density at radius 3 is 2.13 bits per heavy atom. The Morgan fingerprint density at radius 2 is 1.48 bits per heavy atom. The number of unbranched alkanes of at least 4 members (excludes halogenated alkanes) is 5. The number of anilines is 1. The highest BCUT2D eigenvalue weighted by atomic mass is 35.5. The lowest BCUT2D eigenvalue weighted by molar-refractivity contribution is -0.137. The zero-order valence-corrected chi connectivity index (χ0v) is 18.2. The van der Waals surface area contributed by atoms with Gasteiger partial charge in [0.1, 0.15) is 5.75 Å². The molecule has 0 saturated carbocycles. The summed E-state index contributed by atoms with van der Waals surface area (Å²) in [5, 5.41) is 0.608. The Labute approximate surface area is 188 Å². The van der Waals surface area contributed by atoms with Gasteiger partial charge < -0.3 is 14.3 Å². The highest BCUT2D eigenvalue weighted by molar-refractivity contribution is 6.30. The van der Waals surface area contributed by atoms with Gasteiger partial charge in [0.05, 0.1) is 24.5 Å². The molecule has 2 aromatic carbocycles. The molecule has 0 fully saturated rings. The van der Waals surface area contributed by atoms with E-state index in [1.54, 1.807) is 48.5 Å². The van der Waals surface area contributed by atoms with Crippen LogP contribution in [0.4, 0.5) is 5.69 Å². The molecule has 0 radical (unpaired) electrons. The van der Waals surface area contributed by atoms with E-state index in [0.29, 0.717) is 35.2 Å². The smallest absolute Gasteiger partial charge is 0.362 e. The molecule has 7 heteroatoms. The van der Waals surface area contributed by atoms with Crippen molar-refractivity contribution in [2.45, 2.75) is 38.5 Å². The Morgan fingerprint density at radius 1 is 0.871 bits per heavy atom. The lowest BCUT2D eigenvalue weighted by atomic mass is 10.1. The summed E-state index contributed by atoms with van der Waals surface area (Å²) in [7, 11) is 0. The van der Waals surface area contributed by atoms with Crippen molar-refractivity contribution in [1.29, 1.82) is 0 Å². The topological polar surface area (TPSA) is 73.9 Å². The molecule has 0 aliphatic heterocycles. The van der Waals surface area contributed by atoms with E-state index in [9.17, 15) is 9.59 Å². The maximum Gasteiger partial charge on any atom is 0.362 e. The van der Waals surface area contributed by atoms with E-state index in [1.165, 1.54) is 6.08 Å². The van der Waals surface area contributed by atoms with Crippen LogP contribution in [-0.2, 0) is 14.4 Å². The molecule has 0 heterocycles. The summed E-state index contributed by atoms with van der Waals surface area (Å²) in [6, 6.07) is 13.7. The molecule has 0 unspecified atom stereocenters. The second kappa shape index (κ2) is 14.1. The average molecular weight is 446 g/mol. The molecule has 0 aliphatic rings. The summed E-state index contributed by atoms with van der Waals surface area (Å²) < 4.78 is 10.7. The molecule has 6 nitrogen and oxygen atoms in total. The van der Waals surface area contributed by atoms with Gasteiger partial charge in [-0.1, -0.05) is 43.9 Å². The van der Waals surface area contributed by atoms with Crippen molar-refractivity contribution in [3.8, 4) is 5.75 Å². The van der Waals surface area contributed by atoms with Crippen LogP contribution in [0.5, 0.6) is 5.75 Å². The molecule has 0 saturated heterocycles. The largest absolute Gasteiger partial charge is 0.494 e. The van der Waals surface area contributed by atoms with Crippen molar-refractivity contribution in [1.82, 2.24) is 0 Å². The lowest BCUT2D eigenvalue weighted by Crippen LogP contribution is -2.10. The summed E-state index contributed by atoms with van der Waals surface area (Å²) in [6.07, 6.45) is 7.35. The Bertz CT molecular complexity index is 821. The highest BCUT2D eigenvalue weighted by Crippen LogP contribution is 2.16. The van der Waals surface area contributed by atoms with Gasteiger partial charge in [-0.3, -0.25) is 0 Å². The molecule has 0 aromatic heterocycles. The van der Waals surface area contributed by atoms with Crippen molar-refractivity contribution >= 4 is 29.2 Å². The predicted octanol–water partition coefficient (Wildman–Crippen LogP) is 5.97. The van der Waals surface area contributed by atoms with Gasteiger partial charge in [-0.05, 0) is 61.4 Å². The van der Waals surface area contributed by atoms with Crippen LogP contribution in [0, 0.1) is 0 Å². The number of carbonyl (C=O) groups excluding carboxylic acids is 2.